The number of benzene rings is 1. The van der Waals surface area contributed by atoms with E-state index in [1.54, 1.807) is 12.4 Å². The van der Waals surface area contributed by atoms with Crippen LogP contribution in [0.3, 0.4) is 0 Å². The lowest BCUT2D eigenvalue weighted by Crippen LogP contribution is -2.03. The van der Waals surface area contributed by atoms with Gasteiger partial charge in [-0.3, -0.25) is 4.98 Å². The van der Waals surface area contributed by atoms with Crippen molar-refractivity contribution >= 4 is 11.0 Å². The van der Waals surface area contributed by atoms with Crippen molar-refractivity contribution in [2.75, 3.05) is 6.54 Å². The summed E-state index contributed by atoms with van der Waals surface area (Å²) >= 11 is 0. The average Bonchev–Trinajstić information content (AvgIpc) is 2.82. The summed E-state index contributed by atoms with van der Waals surface area (Å²) in [6.07, 6.45) is 4.35. The van der Waals surface area contributed by atoms with Crippen LogP contribution < -0.4 is 5.73 Å². The van der Waals surface area contributed by atoms with E-state index in [9.17, 15) is 0 Å². The molecule has 0 unspecified atom stereocenters. The first-order valence-corrected chi connectivity index (χ1v) is 5.96. The van der Waals surface area contributed by atoms with Gasteiger partial charge in [0.15, 0.2) is 0 Å². The van der Waals surface area contributed by atoms with Gasteiger partial charge < -0.3 is 10.7 Å². The molecular weight excluding hydrogens is 224 g/mol. The number of nitrogens with zero attached hydrogens (tertiary/aromatic N) is 2. The number of H-pyrrole nitrogens is 1. The molecule has 90 valence electrons. The van der Waals surface area contributed by atoms with E-state index in [0.29, 0.717) is 6.54 Å². The lowest BCUT2D eigenvalue weighted by atomic mass is 10.1. The van der Waals surface area contributed by atoms with E-state index in [2.05, 4.69) is 21.0 Å². The molecule has 0 aliphatic heterocycles. The standard InChI is InChI=1S/C14H14N4/c15-7-4-13-17-12-3-1-2-11(14(12)18-13)10-5-8-16-9-6-10/h1-3,5-6,8-9H,4,7,15H2,(H,17,18). The number of nitrogens with two attached hydrogens (primary N) is 1. The summed E-state index contributed by atoms with van der Waals surface area (Å²) in [6, 6.07) is 10.1. The van der Waals surface area contributed by atoms with Gasteiger partial charge in [0.05, 0.1) is 11.0 Å². The van der Waals surface area contributed by atoms with Gasteiger partial charge in [-0.2, -0.15) is 0 Å². The molecule has 0 aliphatic carbocycles. The van der Waals surface area contributed by atoms with Crippen molar-refractivity contribution in [3.63, 3.8) is 0 Å². The van der Waals surface area contributed by atoms with E-state index in [0.717, 1.165) is 34.4 Å². The number of hydrogen-bond acceptors (Lipinski definition) is 3. The minimum Gasteiger partial charge on any atom is -0.342 e. The van der Waals surface area contributed by atoms with E-state index >= 15 is 0 Å². The van der Waals surface area contributed by atoms with E-state index < -0.39 is 0 Å². The van der Waals surface area contributed by atoms with Crippen LogP contribution in [0, 0.1) is 0 Å². The highest BCUT2D eigenvalue weighted by molar-refractivity contribution is 5.91. The number of rotatable bonds is 3. The van der Waals surface area contributed by atoms with E-state index in [1.165, 1.54) is 0 Å². The van der Waals surface area contributed by atoms with Crippen LogP contribution in [0.5, 0.6) is 0 Å². The molecule has 0 spiro atoms. The second kappa shape index (κ2) is 4.58. The largest absolute Gasteiger partial charge is 0.342 e. The lowest BCUT2D eigenvalue weighted by Gasteiger charge is -2.01. The number of imidazole rings is 1. The summed E-state index contributed by atoms with van der Waals surface area (Å²) in [4.78, 5) is 12.0. The molecule has 0 aliphatic rings. The van der Waals surface area contributed by atoms with Crippen LogP contribution in [-0.4, -0.2) is 21.5 Å². The Bertz CT molecular complexity index is 658. The summed E-state index contributed by atoms with van der Waals surface area (Å²) in [5.74, 6) is 0.939. The van der Waals surface area contributed by atoms with Gasteiger partial charge in [0, 0.05) is 24.4 Å². The van der Waals surface area contributed by atoms with Gasteiger partial charge in [0.25, 0.3) is 0 Å². The Labute approximate surface area is 105 Å². The molecule has 0 radical (unpaired) electrons. The van der Waals surface area contributed by atoms with Gasteiger partial charge in [-0.05, 0) is 30.3 Å². The third-order valence-corrected chi connectivity index (χ3v) is 2.93. The Morgan fingerprint density at radius 2 is 1.94 bits per heavy atom. The summed E-state index contributed by atoms with van der Waals surface area (Å²) < 4.78 is 0. The molecule has 0 saturated heterocycles. The van der Waals surface area contributed by atoms with Crippen LogP contribution in [0.2, 0.25) is 0 Å². The SMILES string of the molecule is NCCc1nc2c(-c3ccncc3)cccc2[nH]1. The lowest BCUT2D eigenvalue weighted by molar-refractivity contribution is 0.900. The highest BCUT2D eigenvalue weighted by atomic mass is 14.9. The van der Waals surface area contributed by atoms with Crippen molar-refractivity contribution in [3.05, 3.63) is 48.5 Å². The van der Waals surface area contributed by atoms with E-state index in [4.69, 9.17) is 5.73 Å². The number of pyridine rings is 1. The minimum atomic E-state index is 0.602. The average molecular weight is 238 g/mol. The highest BCUT2D eigenvalue weighted by Crippen LogP contribution is 2.26. The topological polar surface area (TPSA) is 67.6 Å². The number of aromatic nitrogens is 3. The van der Waals surface area contributed by atoms with Crippen molar-refractivity contribution in [2.45, 2.75) is 6.42 Å². The third kappa shape index (κ3) is 1.87. The van der Waals surface area contributed by atoms with Crippen molar-refractivity contribution in [1.29, 1.82) is 0 Å². The molecular formula is C14H14N4. The van der Waals surface area contributed by atoms with E-state index in [-0.39, 0.29) is 0 Å². The fourth-order valence-corrected chi connectivity index (χ4v) is 2.10. The number of fused-ring (bicyclic) bond motifs is 1. The first-order chi connectivity index (χ1) is 8.88. The van der Waals surface area contributed by atoms with Crippen LogP contribution in [0.1, 0.15) is 5.82 Å². The molecule has 4 nitrogen and oxygen atoms in total. The molecule has 3 N–H and O–H groups in total. The van der Waals surface area contributed by atoms with Gasteiger partial charge in [0.1, 0.15) is 5.82 Å². The summed E-state index contributed by atoms with van der Waals surface area (Å²) in [5.41, 5.74) is 9.85. The zero-order valence-electron chi connectivity index (χ0n) is 9.93. The summed E-state index contributed by atoms with van der Waals surface area (Å²) in [7, 11) is 0. The quantitative estimate of drug-likeness (QED) is 0.734. The van der Waals surface area contributed by atoms with Crippen molar-refractivity contribution in [2.24, 2.45) is 5.73 Å². The van der Waals surface area contributed by atoms with Crippen molar-refractivity contribution in [1.82, 2.24) is 15.0 Å². The molecule has 4 heteroatoms. The van der Waals surface area contributed by atoms with Gasteiger partial charge >= 0.3 is 0 Å². The molecule has 2 heterocycles. The zero-order valence-corrected chi connectivity index (χ0v) is 9.93. The second-order valence-electron chi connectivity index (χ2n) is 4.16. The number of aromatic amines is 1. The van der Waals surface area contributed by atoms with E-state index in [1.807, 2.05) is 24.3 Å². The van der Waals surface area contributed by atoms with Gasteiger partial charge in [0.2, 0.25) is 0 Å². The van der Waals surface area contributed by atoms with Crippen LogP contribution in [0.25, 0.3) is 22.2 Å². The smallest absolute Gasteiger partial charge is 0.108 e. The Hall–Kier alpha value is -2.20. The maximum atomic E-state index is 5.56. The summed E-state index contributed by atoms with van der Waals surface area (Å²) in [5, 5.41) is 0. The van der Waals surface area contributed by atoms with Gasteiger partial charge in [-0.1, -0.05) is 12.1 Å². The normalized spacial score (nSPS) is 10.9. The molecule has 0 atom stereocenters. The zero-order chi connectivity index (χ0) is 12.4. The van der Waals surface area contributed by atoms with Crippen molar-refractivity contribution < 1.29 is 0 Å². The van der Waals surface area contributed by atoms with Gasteiger partial charge in [-0.15, -0.1) is 0 Å². The number of nitrogens with one attached hydrogen (secondary N) is 1. The third-order valence-electron chi connectivity index (χ3n) is 2.93. The predicted octanol–water partition coefficient (Wildman–Crippen LogP) is 2.13. The Balaban J connectivity index is 2.17. The monoisotopic (exact) mass is 238 g/mol. The number of para-hydroxylation sites is 1. The highest BCUT2D eigenvalue weighted by Gasteiger charge is 2.08. The molecule has 3 aromatic rings. The Morgan fingerprint density at radius 3 is 2.72 bits per heavy atom. The molecule has 18 heavy (non-hydrogen) atoms. The Morgan fingerprint density at radius 1 is 1.11 bits per heavy atom. The van der Waals surface area contributed by atoms with Crippen LogP contribution in [0.15, 0.2) is 42.7 Å². The molecule has 3 rings (SSSR count). The molecule has 0 saturated carbocycles. The fraction of sp³-hybridized carbons (Fsp3) is 0.143. The fourth-order valence-electron chi connectivity index (χ4n) is 2.10. The minimum absolute atomic E-state index is 0.602. The van der Waals surface area contributed by atoms with Crippen molar-refractivity contribution in [3.8, 4) is 11.1 Å². The molecule has 0 bridgehead atoms. The number of hydrogen-bond donors (Lipinski definition) is 2. The molecule has 0 fully saturated rings. The second-order valence-corrected chi connectivity index (χ2v) is 4.16. The molecule has 0 amide bonds. The first kappa shape index (κ1) is 10.9. The first-order valence-electron chi connectivity index (χ1n) is 5.96. The summed E-state index contributed by atoms with van der Waals surface area (Å²) in [6.45, 7) is 0.602. The van der Waals surface area contributed by atoms with Crippen LogP contribution in [0.4, 0.5) is 0 Å². The molecule has 2 aromatic heterocycles. The maximum absolute atomic E-state index is 5.56. The van der Waals surface area contributed by atoms with Crippen LogP contribution >= 0.6 is 0 Å². The molecule has 1 aromatic carbocycles. The van der Waals surface area contributed by atoms with Gasteiger partial charge in [-0.25, -0.2) is 4.98 Å². The maximum Gasteiger partial charge on any atom is 0.108 e. The predicted molar refractivity (Wildman–Crippen MR) is 72.1 cm³/mol. The Kier molecular flexibility index (Phi) is 2.78. The van der Waals surface area contributed by atoms with Crippen LogP contribution in [-0.2, 0) is 6.42 Å².